The summed E-state index contributed by atoms with van der Waals surface area (Å²) in [5.41, 5.74) is 2.58. The molecule has 1 aromatic heterocycles. The van der Waals surface area contributed by atoms with E-state index >= 15 is 0 Å². The normalized spacial score (nSPS) is 12.2. The fourth-order valence-corrected chi connectivity index (χ4v) is 2.31. The van der Waals surface area contributed by atoms with Gasteiger partial charge >= 0.3 is 0 Å². The van der Waals surface area contributed by atoms with Gasteiger partial charge in [0.05, 0.1) is 17.7 Å². The molecule has 0 amide bonds. The van der Waals surface area contributed by atoms with Crippen LogP contribution in [0.1, 0.15) is 26.3 Å². The van der Waals surface area contributed by atoms with Gasteiger partial charge in [0.1, 0.15) is 0 Å². The Balaban J connectivity index is 2.19. The molecule has 0 bridgehead atoms. The number of rotatable bonds is 5. The molecule has 3 heteroatoms. The van der Waals surface area contributed by atoms with Crippen LogP contribution in [0.15, 0.2) is 30.5 Å². The number of fused-ring (bicyclic) bond motifs is 1. The standard InChI is InChI=1S/C16H24N2O/c1-16(2,3)19-11-10-18-9-8-13-6-5-7-14(12-17-4)15(13)18/h5-9,17H,10-12H2,1-4H3. The molecule has 0 atom stereocenters. The van der Waals surface area contributed by atoms with Gasteiger partial charge in [-0.3, -0.25) is 0 Å². The van der Waals surface area contributed by atoms with Gasteiger partial charge in [0, 0.05) is 19.3 Å². The van der Waals surface area contributed by atoms with Gasteiger partial charge in [0.25, 0.3) is 0 Å². The third-order valence-corrected chi connectivity index (χ3v) is 3.11. The highest BCUT2D eigenvalue weighted by Gasteiger charge is 2.10. The van der Waals surface area contributed by atoms with Gasteiger partial charge in [-0.05, 0) is 44.8 Å². The lowest BCUT2D eigenvalue weighted by Gasteiger charge is -2.20. The molecular weight excluding hydrogens is 236 g/mol. The SMILES string of the molecule is CNCc1cccc2ccn(CCOC(C)(C)C)c12. The van der Waals surface area contributed by atoms with E-state index in [4.69, 9.17) is 4.74 Å². The number of hydrogen-bond donors (Lipinski definition) is 1. The van der Waals surface area contributed by atoms with E-state index in [0.717, 1.165) is 19.7 Å². The molecule has 104 valence electrons. The highest BCUT2D eigenvalue weighted by Crippen LogP contribution is 2.20. The summed E-state index contributed by atoms with van der Waals surface area (Å²) in [6.07, 6.45) is 2.15. The summed E-state index contributed by atoms with van der Waals surface area (Å²) in [4.78, 5) is 0. The maximum atomic E-state index is 5.81. The zero-order chi connectivity index (χ0) is 13.9. The number of hydrogen-bond acceptors (Lipinski definition) is 2. The van der Waals surface area contributed by atoms with Crippen molar-refractivity contribution in [2.75, 3.05) is 13.7 Å². The Hall–Kier alpha value is -1.32. The molecule has 3 nitrogen and oxygen atoms in total. The molecule has 0 fully saturated rings. The molecule has 19 heavy (non-hydrogen) atoms. The number of ether oxygens (including phenoxy) is 1. The first-order valence-electron chi connectivity index (χ1n) is 6.86. The minimum Gasteiger partial charge on any atom is -0.374 e. The van der Waals surface area contributed by atoms with Crippen molar-refractivity contribution in [2.45, 2.75) is 39.5 Å². The summed E-state index contributed by atoms with van der Waals surface area (Å²) < 4.78 is 8.10. The highest BCUT2D eigenvalue weighted by molar-refractivity contribution is 5.83. The van der Waals surface area contributed by atoms with Crippen LogP contribution in [-0.2, 0) is 17.8 Å². The van der Waals surface area contributed by atoms with E-state index in [1.165, 1.54) is 16.5 Å². The van der Waals surface area contributed by atoms with Crippen molar-refractivity contribution in [2.24, 2.45) is 0 Å². The predicted molar refractivity (Wildman–Crippen MR) is 80.4 cm³/mol. The minimum atomic E-state index is -0.0727. The van der Waals surface area contributed by atoms with Gasteiger partial charge in [-0.25, -0.2) is 0 Å². The summed E-state index contributed by atoms with van der Waals surface area (Å²) in [7, 11) is 1.98. The Morgan fingerprint density at radius 2 is 2.00 bits per heavy atom. The summed E-state index contributed by atoms with van der Waals surface area (Å²) in [6, 6.07) is 8.63. The Labute approximate surface area is 115 Å². The number of para-hydroxylation sites is 1. The molecule has 2 rings (SSSR count). The molecule has 0 unspecified atom stereocenters. The second-order valence-electron chi connectivity index (χ2n) is 5.86. The van der Waals surface area contributed by atoms with Crippen LogP contribution < -0.4 is 5.32 Å². The third kappa shape index (κ3) is 3.58. The zero-order valence-corrected chi connectivity index (χ0v) is 12.4. The monoisotopic (exact) mass is 260 g/mol. The van der Waals surface area contributed by atoms with Gasteiger partial charge in [0.2, 0.25) is 0 Å². The Morgan fingerprint density at radius 1 is 1.21 bits per heavy atom. The van der Waals surface area contributed by atoms with Crippen LogP contribution in [0.4, 0.5) is 0 Å². The fraction of sp³-hybridized carbons (Fsp3) is 0.500. The fourth-order valence-electron chi connectivity index (χ4n) is 2.31. The van der Waals surface area contributed by atoms with Gasteiger partial charge in [-0.15, -0.1) is 0 Å². The van der Waals surface area contributed by atoms with Crippen molar-refractivity contribution in [3.8, 4) is 0 Å². The molecule has 1 heterocycles. The van der Waals surface area contributed by atoms with Gasteiger partial charge < -0.3 is 14.6 Å². The number of benzene rings is 1. The number of nitrogens with zero attached hydrogens (tertiary/aromatic N) is 1. The van der Waals surface area contributed by atoms with Crippen LogP contribution in [0.5, 0.6) is 0 Å². The largest absolute Gasteiger partial charge is 0.374 e. The molecule has 1 aromatic carbocycles. The van der Waals surface area contributed by atoms with Crippen molar-refractivity contribution in [3.05, 3.63) is 36.0 Å². The van der Waals surface area contributed by atoms with Crippen molar-refractivity contribution in [3.63, 3.8) is 0 Å². The molecule has 0 radical (unpaired) electrons. The first-order valence-corrected chi connectivity index (χ1v) is 6.86. The Morgan fingerprint density at radius 3 is 2.68 bits per heavy atom. The van der Waals surface area contributed by atoms with E-state index in [2.05, 4.69) is 61.1 Å². The van der Waals surface area contributed by atoms with E-state index in [1.54, 1.807) is 0 Å². The molecular formula is C16H24N2O. The molecule has 2 aromatic rings. The summed E-state index contributed by atoms with van der Waals surface area (Å²) >= 11 is 0. The lowest BCUT2D eigenvalue weighted by molar-refractivity contribution is -0.00645. The van der Waals surface area contributed by atoms with Gasteiger partial charge in [-0.2, -0.15) is 0 Å². The van der Waals surface area contributed by atoms with E-state index in [1.807, 2.05) is 7.05 Å². The van der Waals surface area contributed by atoms with Gasteiger partial charge in [-0.1, -0.05) is 18.2 Å². The molecule has 0 aliphatic heterocycles. The first kappa shape index (κ1) is 14.1. The Bertz CT molecular complexity index is 537. The van der Waals surface area contributed by atoms with E-state index in [-0.39, 0.29) is 5.60 Å². The number of nitrogens with one attached hydrogen (secondary N) is 1. The maximum Gasteiger partial charge on any atom is 0.0652 e. The van der Waals surface area contributed by atoms with Crippen LogP contribution >= 0.6 is 0 Å². The second-order valence-corrected chi connectivity index (χ2v) is 5.86. The van der Waals surface area contributed by atoms with E-state index in [0.29, 0.717) is 0 Å². The van der Waals surface area contributed by atoms with Crippen LogP contribution in [0, 0.1) is 0 Å². The lowest BCUT2D eigenvalue weighted by atomic mass is 10.1. The first-order chi connectivity index (χ1) is 9.01. The molecule has 0 aliphatic carbocycles. The number of aromatic nitrogens is 1. The van der Waals surface area contributed by atoms with E-state index in [9.17, 15) is 0 Å². The van der Waals surface area contributed by atoms with Crippen molar-refractivity contribution in [1.29, 1.82) is 0 Å². The van der Waals surface area contributed by atoms with Crippen LogP contribution in [0.3, 0.4) is 0 Å². The summed E-state index contributed by atoms with van der Waals surface area (Å²) in [6.45, 7) is 8.79. The Kier molecular flexibility index (Phi) is 4.27. The highest BCUT2D eigenvalue weighted by atomic mass is 16.5. The average Bonchev–Trinajstić information content (AvgIpc) is 2.73. The van der Waals surface area contributed by atoms with Crippen LogP contribution in [0.2, 0.25) is 0 Å². The smallest absolute Gasteiger partial charge is 0.0652 e. The lowest BCUT2D eigenvalue weighted by Crippen LogP contribution is -2.21. The molecule has 0 saturated carbocycles. The van der Waals surface area contributed by atoms with Crippen LogP contribution in [-0.4, -0.2) is 23.8 Å². The maximum absolute atomic E-state index is 5.81. The summed E-state index contributed by atoms with van der Waals surface area (Å²) in [5, 5.41) is 4.52. The zero-order valence-electron chi connectivity index (χ0n) is 12.4. The van der Waals surface area contributed by atoms with Crippen molar-refractivity contribution < 1.29 is 4.74 Å². The minimum absolute atomic E-state index is 0.0727. The average molecular weight is 260 g/mol. The second kappa shape index (κ2) is 5.76. The molecule has 1 N–H and O–H groups in total. The molecule has 0 saturated heterocycles. The van der Waals surface area contributed by atoms with Crippen molar-refractivity contribution >= 4 is 10.9 Å². The topological polar surface area (TPSA) is 26.2 Å². The molecule has 0 aliphatic rings. The van der Waals surface area contributed by atoms with Crippen molar-refractivity contribution in [1.82, 2.24) is 9.88 Å². The van der Waals surface area contributed by atoms with Gasteiger partial charge in [0.15, 0.2) is 0 Å². The van der Waals surface area contributed by atoms with Crippen LogP contribution in [0.25, 0.3) is 10.9 Å². The summed E-state index contributed by atoms with van der Waals surface area (Å²) in [5.74, 6) is 0. The third-order valence-electron chi connectivity index (χ3n) is 3.11. The molecule has 0 spiro atoms. The predicted octanol–water partition coefficient (Wildman–Crippen LogP) is 3.18. The quantitative estimate of drug-likeness (QED) is 0.893. The van der Waals surface area contributed by atoms with E-state index < -0.39 is 0 Å².